The van der Waals surface area contributed by atoms with Gasteiger partial charge in [-0.05, 0) is 56.5 Å². The first-order chi connectivity index (χ1) is 17.3. The Morgan fingerprint density at radius 1 is 1.31 bits per heavy atom. The highest BCUT2D eigenvalue weighted by atomic mass is 35.5. The van der Waals surface area contributed by atoms with E-state index in [-0.39, 0.29) is 17.4 Å². The number of methoxy groups -OCH3 is 1. The molecule has 1 amide bonds. The van der Waals surface area contributed by atoms with E-state index in [2.05, 4.69) is 21.4 Å². The molecule has 2 atom stereocenters. The SMILES string of the molecule is COc1cc([C@@H](C)C(=O)N2C[C@@H](Nc3ccc(-c4cc(C#N)ccn4)c(C)n3)C3(CC3)C2)c(Cl)cn1. The highest BCUT2D eigenvalue weighted by Crippen LogP contribution is 2.54. The van der Waals surface area contributed by atoms with Crippen LogP contribution in [0.1, 0.15) is 42.5 Å². The molecule has 2 aliphatic rings. The Balaban J connectivity index is 1.31. The summed E-state index contributed by atoms with van der Waals surface area (Å²) in [5, 5.41) is 13.2. The molecule has 3 aromatic rings. The number of rotatable bonds is 6. The number of ether oxygens (including phenoxy) is 1. The first kappa shape index (κ1) is 24.0. The maximum absolute atomic E-state index is 13.5. The van der Waals surface area contributed by atoms with Gasteiger partial charge in [0.2, 0.25) is 11.8 Å². The average Bonchev–Trinajstić information content (AvgIpc) is 3.59. The van der Waals surface area contributed by atoms with Crippen molar-refractivity contribution in [3.05, 3.63) is 64.6 Å². The molecule has 8 nitrogen and oxygen atoms in total. The molecule has 4 heterocycles. The number of likely N-dealkylation sites (tertiary alicyclic amines) is 1. The summed E-state index contributed by atoms with van der Waals surface area (Å²) in [7, 11) is 1.54. The largest absolute Gasteiger partial charge is 0.481 e. The minimum Gasteiger partial charge on any atom is -0.481 e. The Morgan fingerprint density at radius 2 is 2.11 bits per heavy atom. The molecule has 0 radical (unpaired) electrons. The maximum atomic E-state index is 13.5. The van der Waals surface area contributed by atoms with Crippen molar-refractivity contribution in [2.24, 2.45) is 5.41 Å². The van der Waals surface area contributed by atoms with Crippen LogP contribution in [0.5, 0.6) is 5.88 Å². The highest BCUT2D eigenvalue weighted by Gasteiger charge is 2.56. The molecule has 9 heteroatoms. The summed E-state index contributed by atoms with van der Waals surface area (Å²) in [6, 6.07) is 11.4. The van der Waals surface area contributed by atoms with E-state index < -0.39 is 5.92 Å². The number of aromatic nitrogens is 3. The Labute approximate surface area is 215 Å². The molecular formula is C27H27ClN6O2. The van der Waals surface area contributed by atoms with E-state index in [0.717, 1.165) is 47.7 Å². The minimum atomic E-state index is -0.403. The second-order valence-corrected chi connectivity index (χ2v) is 10.0. The normalized spacial score (nSPS) is 18.5. The van der Waals surface area contributed by atoms with Crippen LogP contribution < -0.4 is 10.1 Å². The van der Waals surface area contributed by atoms with E-state index in [4.69, 9.17) is 21.3 Å². The summed E-state index contributed by atoms with van der Waals surface area (Å²) < 4.78 is 5.22. The first-order valence-corrected chi connectivity index (χ1v) is 12.3. The Hall–Kier alpha value is -3.70. The molecule has 184 valence electrons. The van der Waals surface area contributed by atoms with Gasteiger partial charge in [-0.1, -0.05) is 11.6 Å². The molecule has 5 rings (SSSR count). The molecule has 1 aliphatic carbocycles. The van der Waals surface area contributed by atoms with Gasteiger partial charge >= 0.3 is 0 Å². The lowest BCUT2D eigenvalue weighted by Crippen LogP contribution is -2.34. The zero-order chi connectivity index (χ0) is 25.4. The number of halogens is 1. The fourth-order valence-electron chi connectivity index (χ4n) is 5.03. The van der Waals surface area contributed by atoms with Crippen molar-refractivity contribution in [1.29, 1.82) is 5.26 Å². The zero-order valence-corrected chi connectivity index (χ0v) is 21.2. The molecule has 0 aromatic carbocycles. The number of pyridine rings is 3. The lowest BCUT2D eigenvalue weighted by molar-refractivity contribution is -0.131. The molecule has 0 bridgehead atoms. The number of hydrogen-bond acceptors (Lipinski definition) is 7. The molecule has 3 aromatic heterocycles. The van der Waals surface area contributed by atoms with Crippen LogP contribution in [0.15, 0.2) is 42.7 Å². The minimum absolute atomic E-state index is 0.0451. The fraction of sp³-hybridized carbons (Fsp3) is 0.370. The first-order valence-electron chi connectivity index (χ1n) is 11.9. The smallest absolute Gasteiger partial charge is 0.229 e. The van der Waals surface area contributed by atoms with Crippen molar-refractivity contribution in [2.45, 2.75) is 38.6 Å². The van der Waals surface area contributed by atoms with Crippen molar-refractivity contribution >= 4 is 23.3 Å². The van der Waals surface area contributed by atoms with E-state index in [1.807, 2.05) is 30.9 Å². The number of anilines is 1. The number of carbonyl (C=O) groups excluding carboxylic acids is 1. The second kappa shape index (κ2) is 9.40. The third-order valence-corrected chi connectivity index (χ3v) is 7.65. The molecule has 36 heavy (non-hydrogen) atoms. The topological polar surface area (TPSA) is 104 Å². The van der Waals surface area contributed by atoms with E-state index in [1.165, 1.54) is 6.20 Å². The fourth-order valence-corrected chi connectivity index (χ4v) is 5.29. The number of nitriles is 1. The predicted molar refractivity (Wildman–Crippen MR) is 137 cm³/mol. The second-order valence-electron chi connectivity index (χ2n) is 9.62. The summed E-state index contributed by atoms with van der Waals surface area (Å²) in [6.45, 7) is 5.14. The molecule has 1 spiro atoms. The number of nitrogens with one attached hydrogen (secondary N) is 1. The third-order valence-electron chi connectivity index (χ3n) is 7.33. The van der Waals surface area contributed by atoms with Gasteiger partial charge in [-0.3, -0.25) is 9.78 Å². The number of hydrogen-bond donors (Lipinski definition) is 1. The lowest BCUT2D eigenvalue weighted by atomic mass is 10.00. The van der Waals surface area contributed by atoms with Crippen LogP contribution in [0.25, 0.3) is 11.3 Å². The van der Waals surface area contributed by atoms with Crippen LogP contribution in [-0.2, 0) is 4.79 Å². The zero-order valence-electron chi connectivity index (χ0n) is 20.5. The van der Waals surface area contributed by atoms with Crippen LogP contribution in [0.3, 0.4) is 0 Å². The summed E-state index contributed by atoms with van der Waals surface area (Å²) in [5.74, 6) is 0.852. The van der Waals surface area contributed by atoms with Crippen LogP contribution in [-0.4, -0.2) is 52.0 Å². The van der Waals surface area contributed by atoms with Gasteiger partial charge in [0.25, 0.3) is 0 Å². The summed E-state index contributed by atoms with van der Waals surface area (Å²) in [5.41, 5.74) is 3.80. The monoisotopic (exact) mass is 502 g/mol. The molecule has 1 N–H and O–H groups in total. The van der Waals surface area contributed by atoms with Gasteiger partial charge in [-0.25, -0.2) is 9.97 Å². The Kier molecular flexibility index (Phi) is 6.27. The number of nitrogens with zero attached hydrogens (tertiary/aromatic N) is 5. The highest BCUT2D eigenvalue weighted by molar-refractivity contribution is 6.31. The summed E-state index contributed by atoms with van der Waals surface area (Å²) in [6.07, 6.45) is 5.32. The van der Waals surface area contributed by atoms with Gasteiger partial charge in [-0.15, -0.1) is 0 Å². The summed E-state index contributed by atoms with van der Waals surface area (Å²) >= 11 is 6.36. The van der Waals surface area contributed by atoms with E-state index in [1.54, 1.807) is 31.5 Å². The van der Waals surface area contributed by atoms with Gasteiger partial charge < -0.3 is 15.0 Å². The van der Waals surface area contributed by atoms with Crippen LogP contribution in [0.2, 0.25) is 5.02 Å². The van der Waals surface area contributed by atoms with Gasteiger partial charge in [0.05, 0.1) is 41.4 Å². The van der Waals surface area contributed by atoms with Crippen molar-refractivity contribution < 1.29 is 9.53 Å². The Bertz CT molecular complexity index is 1370. The number of amides is 1. The summed E-state index contributed by atoms with van der Waals surface area (Å²) in [4.78, 5) is 28.7. The van der Waals surface area contributed by atoms with Crippen molar-refractivity contribution in [3.63, 3.8) is 0 Å². The molecule has 1 saturated heterocycles. The Morgan fingerprint density at radius 3 is 2.81 bits per heavy atom. The van der Waals surface area contributed by atoms with Crippen molar-refractivity contribution in [3.8, 4) is 23.2 Å². The number of carbonyl (C=O) groups is 1. The third kappa shape index (κ3) is 4.47. The van der Waals surface area contributed by atoms with E-state index in [0.29, 0.717) is 23.0 Å². The standard InChI is InChI=1S/C27H27ClN6O2/c1-16(20-11-25(36-3)31-13-21(20)28)26(35)34-14-23(27(15-34)7-8-27)33-24-5-4-19(17(2)32-24)22-10-18(12-29)6-9-30-22/h4-6,9-11,13,16,23H,7-8,14-15H2,1-3H3,(H,32,33)/t16-,23-/m1/s1. The molecule has 0 unspecified atom stereocenters. The average molecular weight is 503 g/mol. The van der Waals surface area contributed by atoms with Crippen molar-refractivity contribution in [2.75, 3.05) is 25.5 Å². The van der Waals surface area contributed by atoms with Crippen LogP contribution in [0, 0.1) is 23.7 Å². The lowest BCUT2D eigenvalue weighted by Gasteiger charge is -2.22. The van der Waals surface area contributed by atoms with E-state index >= 15 is 0 Å². The van der Waals surface area contributed by atoms with Crippen LogP contribution in [0.4, 0.5) is 5.82 Å². The van der Waals surface area contributed by atoms with Gasteiger partial charge in [-0.2, -0.15) is 5.26 Å². The van der Waals surface area contributed by atoms with Crippen molar-refractivity contribution in [1.82, 2.24) is 19.9 Å². The van der Waals surface area contributed by atoms with E-state index in [9.17, 15) is 10.1 Å². The van der Waals surface area contributed by atoms with Crippen LogP contribution >= 0.6 is 11.6 Å². The molecular weight excluding hydrogens is 476 g/mol. The predicted octanol–water partition coefficient (Wildman–Crippen LogP) is 4.59. The van der Waals surface area contributed by atoms with Gasteiger partial charge in [0.1, 0.15) is 5.82 Å². The maximum Gasteiger partial charge on any atom is 0.229 e. The quantitative estimate of drug-likeness (QED) is 0.525. The molecule has 2 fully saturated rings. The molecule has 1 aliphatic heterocycles. The number of aryl methyl sites for hydroxylation is 1. The van der Waals surface area contributed by atoms with Gasteiger partial charge in [0.15, 0.2) is 0 Å². The van der Waals surface area contributed by atoms with Gasteiger partial charge in [0, 0.05) is 48.2 Å². The molecule has 1 saturated carbocycles.